The maximum absolute atomic E-state index is 13.6. The van der Waals surface area contributed by atoms with E-state index >= 15 is 0 Å². The lowest BCUT2D eigenvalue weighted by molar-refractivity contribution is -0.115. The summed E-state index contributed by atoms with van der Waals surface area (Å²) < 4.78 is 40.0. The Morgan fingerprint density at radius 3 is 2.42 bits per heavy atom. The molecule has 0 heterocycles. The third-order valence-corrected chi connectivity index (χ3v) is 5.94. The van der Waals surface area contributed by atoms with Crippen LogP contribution in [0.3, 0.4) is 0 Å². The van der Waals surface area contributed by atoms with Gasteiger partial charge in [0, 0.05) is 13.1 Å². The number of phenolic OH excluding ortho intramolecular Hbond substituents is 1. The molecule has 0 fully saturated rings. The molecule has 2 aromatic carbocycles. The summed E-state index contributed by atoms with van der Waals surface area (Å²) >= 11 is 0. The lowest BCUT2D eigenvalue weighted by Gasteiger charge is -2.19. The Morgan fingerprint density at radius 2 is 1.81 bits per heavy atom. The van der Waals surface area contributed by atoms with Crippen molar-refractivity contribution in [2.24, 2.45) is 0 Å². The number of carbonyl (C=O) groups is 1. The summed E-state index contributed by atoms with van der Waals surface area (Å²) in [5.74, 6) is -1.35. The maximum atomic E-state index is 13.6. The molecule has 2 rings (SSSR count). The number of phenols is 1. The van der Waals surface area contributed by atoms with E-state index in [9.17, 15) is 22.7 Å². The molecule has 0 saturated heterocycles. The zero-order valence-corrected chi connectivity index (χ0v) is 15.4. The number of halogens is 1. The molecule has 0 saturated carbocycles. The van der Waals surface area contributed by atoms with Crippen molar-refractivity contribution in [3.63, 3.8) is 0 Å². The molecule has 0 bridgehead atoms. The van der Waals surface area contributed by atoms with Gasteiger partial charge in [-0.25, -0.2) is 12.8 Å². The molecule has 1 amide bonds. The minimum Gasteiger partial charge on any atom is -0.506 e. The van der Waals surface area contributed by atoms with Crippen molar-refractivity contribution in [1.82, 2.24) is 4.31 Å². The van der Waals surface area contributed by atoms with Crippen molar-refractivity contribution in [1.29, 1.82) is 0 Å². The second kappa shape index (κ2) is 8.29. The molecule has 0 aliphatic rings. The second-order valence-electron chi connectivity index (χ2n) is 5.58. The summed E-state index contributed by atoms with van der Waals surface area (Å²) in [4.78, 5) is 12.1. The predicted molar refractivity (Wildman–Crippen MR) is 96.9 cm³/mol. The summed E-state index contributed by atoms with van der Waals surface area (Å²) in [5, 5.41) is 12.4. The van der Waals surface area contributed by atoms with Crippen LogP contribution >= 0.6 is 0 Å². The van der Waals surface area contributed by atoms with Gasteiger partial charge < -0.3 is 10.4 Å². The number of hydrogen-bond donors (Lipinski definition) is 2. The fourth-order valence-corrected chi connectivity index (χ4v) is 3.98. The van der Waals surface area contributed by atoms with Crippen LogP contribution in [-0.4, -0.2) is 36.8 Å². The highest BCUT2D eigenvalue weighted by molar-refractivity contribution is 7.89. The molecule has 0 spiro atoms. The van der Waals surface area contributed by atoms with Gasteiger partial charge in [0.15, 0.2) is 0 Å². The molecule has 8 heteroatoms. The fraction of sp³-hybridized carbons (Fsp3) is 0.278. The first-order valence-electron chi connectivity index (χ1n) is 8.16. The lowest BCUT2D eigenvalue weighted by atomic mass is 10.1. The fourth-order valence-electron chi connectivity index (χ4n) is 2.50. The summed E-state index contributed by atoms with van der Waals surface area (Å²) in [7, 11) is -3.73. The molecule has 0 aliphatic heterocycles. The van der Waals surface area contributed by atoms with Gasteiger partial charge in [-0.1, -0.05) is 32.0 Å². The summed E-state index contributed by atoms with van der Waals surface area (Å²) in [5.41, 5.74) is 0.163. The summed E-state index contributed by atoms with van der Waals surface area (Å²) in [6.07, 6.45) is -0.237. The number of anilines is 1. The predicted octanol–water partition coefficient (Wildman–Crippen LogP) is 2.74. The average Bonchev–Trinajstić information content (AvgIpc) is 2.59. The number of nitrogens with one attached hydrogen (secondary N) is 1. The summed E-state index contributed by atoms with van der Waals surface area (Å²) in [6.45, 7) is 4.04. The number of amides is 1. The smallest absolute Gasteiger partial charge is 0.243 e. The Morgan fingerprint density at radius 1 is 1.15 bits per heavy atom. The molecule has 0 radical (unpaired) electrons. The van der Waals surface area contributed by atoms with Crippen LogP contribution in [0, 0.1) is 5.82 Å². The Kier molecular flexibility index (Phi) is 6.33. The van der Waals surface area contributed by atoms with Gasteiger partial charge in [-0.3, -0.25) is 4.79 Å². The van der Waals surface area contributed by atoms with Gasteiger partial charge in [-0.15, -0.1) is 0 Å². The first-order valence-corrected chi connectivity index (χ1v) is 9.60. The van der Waals surface area contributed by atoms with Crippen LogP contribution in [0.5, 0.6) is 5.75 Å². The highest BCUT2D eigenvalue weighted by Crippen LogP contribution is 2.28. The van der Waals surface area contributed by atoms with Crippen LogP contribution < -0.4 is 5.32 Å². The molecule has 0 aromatic heterocycles. The van der Waals surface area contributed by atoms with E-state index in [0.29, 0.717) is 13.1 Å². The van der Waals surface area contributed by atoms with Crippen LogP contribution in [0.25, 0.3) is 0 Å². The quantitative estimate of drug-likeness (QED) is 0.723. The molecule has 0 unspecified atom stereocenters. The average molecular weight is 380 g/mol. The molecular formula is C18H21FN2O4S. The Hall–Kier alpha value is -2.45. The minimum absolute atomic E-state index is 0.0415. The van der Waals surface area contributed by atoms with Gasteiger partial charge >= 0.3 is 0 Å². The maximum Gasteiger partial charge on any atom is 0.243 e. The number of aromatic hydroxyl groups is 1. The minimum atomic E-state index is -3.73. The highest BCUT2D eigenvalue weighted by Gasteiger charge is 2.23. The molecule has 0 aliphatic carbocycles. The van der Waals surface area contributed by atoms with E-state index in [-0.39, 0.29) is 28.3 Å². The number of sulfonamides is 1. The van der Waals surface area contributed by atoms with Gasteiger partial charge in [-0.05, 0) is 29.8 Å². The Balaban J connectivity index is 2.25. The van der Waals surface area contributed by atoms with Crippen LogP contribution in [0.1, 0.15) is 19.4 Å². The van der Waals surface area contributed by atoms with E-state index in [1.807, 2.05) is 0 Å². The Labute approximate surface area is 152 Å². The van der Waals surface area contributed by atoms with Crippen LogP contribution in [-0.2, 0) is 21.2 Å². The number of nitrogens with zero attached hydrogens (tertiary/aromatic N) is 1. The van der Waals surface area contributed by atoms with Crippen molar-refractivity contribution in [3.05, 3.63) is 53.8 Å². The zero-order chi connectivity index (χ0) is 19.3. The molecule has 2 N–H and O–H groups in total. The van der Waals surface area contributed by atoms with Crippen molar-refractivity contribution >= 4 is 21.6 Å². The number of rotatable bonds is 7. The monoisotopic (exact) mass is 380 g/mol. The van der Waals surface area contributed by atoms with Crippen molar-refractivity contribution < 1.29 is 22.7 Å². The Bertz CT molecular complexity index is 896. The number of benzene rings is 2. The van der Waals surface area contributed by atoms with Gasteiger partial charge in [0.2, 0.25) is 15.9 Å². The standard InChI is InChI=1S/C18H21FN2O4S/c1-3-21(4-2)26(24,25)14-9-10-17(22)16(12-14)20-18(23)11-13-7-5-6-8-15(13)19/h5-10,12,22H,3-4,11H2,1-2H3,(H,20,23). The van der Waals surface area contributed by atoms with Gasteiger partial charge in [0.1, 0.15) is 11.6 Å². The van der Waals surface area contributed by atoms with Crippen LogP contribution in [0.4, 0.5) is 10.1 Å². The van der Waals surface area contributed by atoms with Crippen LogP contribution in [0.2, 0.25) is 0 Å². The van der Waals surface area contributed by atoms with Gasteiger partial charge in [0.05, 0.1) is 17.0 Å². The SMILES string of the molecule is CCN(CC)S(=O)(=O)c1ccc(O)c(NC(=O)Cc2ccccc2F)c1. The first-order chi connectivity index (χ1) is 12.3. The van der Waals surface area contributed by atoms with Gasteiger partial charge in [-0.2, -0.15) is 4.31 Å². The first kappa shape index (κ1) is 19.9. The van der Waals surface area contributed by atoms with E-state index in [1.54, 1.807) is 19.9 Å². The normalized spacial score (nSPS) is 11.5. The van der Waals surface area contributed by atoms with Gasteiger partial charge in [0.25, 0.3) is 0 Å². The van der Waals surface area contributed by atoms with E-state index in [1.165, 1.54) is 40.7 Å². The van der Waals surface area contributed by atoms with E-state index in [0.717, 1.165) is 0 Å². The van der Waals surface area contributed by atoms with E-state index in [2.05, 4.69) is 5.32 Å². The van der Waals surface area contributed by atoms with Crippen molar-refractivity contribution in [2.45, 2.75) is 25.2 Å². The molecule has 26 heavy (non-hydrogen) atoms. The molecular weight excluding hydrogens is 359 g/mol. The third-order valence-electron chi connectivity index (χ3n) is 3.89. The second-order valence-corrected chi connectivity index (χ2v) is 7.52. The molecule has 0 atom stereocenters. The molecule has 2 aromatic rings. The molecule has 6 nitrogen and oxygen atoms in total. The number of carbonyl (C=O) groups excluding carboxylic acids is 1. The van der Waals surface area contributed by atoms with Crippen molar-refractivity contribution in [2.75, 3.05) is 18.4 Å². The number of hydrogen-bond acceptors (Lipinski definition) is 4. The third kappa shape index (κ3) is 4.39. The zero-order valence-electron chi connectivity index (χ0n) is 14.6. The van der Waals surface area contributed by atoms with E-state index in [4.69, 9.17) is 0 Å². The topological polar surface area (TPSA) is 86.7 Å². The largest absolute Gasteiger partial charge is 0.506 e. The molecule has 140 valence electrons. The lowest BCUT2D eigenvalue weighted by Crippen LogP contribution is -2.30. The summed E-state index contributed by atoms with van der Waals surface area (Å²) in [6, 6.07) is 9.53. The highest BCUT2D eigenvalue weighted by atomic mass is 32.2. The van der Waals surface area contributed by atoms with Crippen LogP contribution in [0.15, 0.2) is 47.4 Å². The van der Waals surface area contributed by atoms with E-state index < -0.39 is 21.7 Å². The van der Waals surface area contributed by atoms with Crippen molar-refractivity contribution in [3.8, 4) is 5.75 Å².